The molecular formula is C45H77NO4. The lowest BCUT2D eigenvalue weighted by Crippen LogP contribution is -2.31. The van der Waals surface area contributed by atoms with E-state index in [0.717, 1.165) is 70.1 Å². The predicted molar refractivity (Wildman–Crippen MR) is 209 cm³/mol. The molecule has 0 aromatic carbocycles. The Labute approximate surface area is 308 Å². The molecule has 0 radical (unpaired) electrons. The molecule has 0 aliphatic carbocycles. The zero-order valence-electron chi connectivity index (χ0n) is 32.9. The number of hydrogen-bond acceptors (Lipinski definition) is 5. The summed E-state index contributed by atoms with van der Waals surface area (Å²) < 4.78 is 11.7. The van der Waals surface area contributed by atoms with Gasteiger partial charge in [-0.2, -0.15) is 0 Å². The highest BCUT2D eigenvalue weighted by Gasteiger charge is 2.24. The van der Waals surface area contributed by atoms with Crippen LogP contribution in [0.4, 0.5) is 0 Å². The van der Waals surface area contributed by atoms with Gasteiger partial charge in [0.25, 0.3) is 0 Å². The van der Waals surface area contributed by atoms with Crippen molar-refractivity contribution in [1.82, 2.24) is 4.90 Å². The van der Waals surface area contributed by atoms with E-state index < -0.39 is 0 Å². The quantitative estimate of drug-likeness (QED) is 0.122. The minimum absolute atomic E-state index is 0.0602. The Bertz CT molecular complexity index is 945. The van der Waals surface area contributed by atoms with Crippen LogP contribution < -0.4 is 0 Å². The van der Waals surface area contributed by atoms with E-state index >= 15 is 0 Å². The maximum atomic E-state index is 12.8. The fraction of sp³-hybridized carbons (Fsp3) is 0.844. The second-order valence-corrected chi connectivity index (χ2v) is 15.5. The van der Waals surface area contributed by atoms with Crippen LogP contribution in [0.3, 0.4) is 0 Å². The smallest absolute Gasteiger partial charge is 0.305 e. The van der Waals surface area contributed by atoms with Crippen molar-refractivity contribution in [1.29, 1.82) is 0 Å². The summed E-state index contributed by atoms with van der Waals surface area (Å²) in [5.74, 6) is 1.21. The maximum Gasteiger partial charge on any atom is 0.305 e. The first-order valence-corrected chi connectivity index (χ1v) is 21.5. The molecule has 0 spiro atoms. The Morgan fingerprint density at radius 3 is 1.60 bits per heavy atom. The highest BCUT2D eigenvalue weighted by atomic mass is 16.5. The van der Waals surface area contributed by atoms with Crippen molar-refractivity contribution in [3.8, 4) is 0 Å². The second-order valence-electron chi connectivity index (χ2n) is 15.5. The monoisotopic (exact) mass is 696 g/mol. The summed E-state index contributed by atoms with van der Waals surface area (Å²) in [6.07, 6.45) is 31.5. The summed E-state index contributed by atoms with van der Waals surface area (Å²) in [7, 11) is 0. The van der Waals surface area contributed by atoms with E-state index in [1.807, 2.05) is 0 Å². The minimum Gasteiger partial charge on any atom is -0.466 e. The van der Waals surface area contributed by atoms with Gasteiger partial charge < -0.3 is 14.4 Å². The lowest BCUT2D eigenvalue weighted by Gasteiger charge is -2.28. The maximum absolute atomic E-state index is 12.8. The minimum atomic E-state index is -0.0602. The molecule has 50 heavy (non-hydrogen) atoms. The molecule has 2 aliphatic rings. The van der Waals surface area contributed by atoms with E-state index in [2.05, 4.69) is 42.5 Å². The third-order valence-electron chi connectivity index (χ3n) is 11.2. The van der Waals surface area contributed by atoms with Crippen molar-refractivity contribution < 1.29 is 19.1 Å². The molecule has 2 heterocycles. The lowest BCUT2D eigenvalue weighted by atomic mass is 9.79. The Balaban J connectivity index is 2.05. The molecule has 5 nitrogen and oxygen atoms in total. The molecule has 0 amide bonds. The van der Waals surface area contributed by atoms with Gasteiger partial charge in [-0.15, -0.1) is 0 Å². The van der Waals surface area contributed by atoms with E-state index in [1.54, 1.807) is 0 Å². The summed E-state index contributed by atoms with van der Waals surface area (Å²) in [6, 6.07) is 0. The zero-order chi connectivity index (χ0) is 35.9. The third kappa shape index (κ3) is 22.0. The molecule has 2 rings (SSSR count). The van der Waals surface area contributed by atoms with Gasteiger partial charge in [-0.3, -0.25) is 9.59 Å². The van der Waals surface area contributed by atoms with Gasteiger partial charge in [0, 0.05) is 12.8 Å². The van der Waals surface area contributed by atoms with Crippen LogP contribution in [0.5, 0.6) is 0 Å². The molecule has 5 heteroatoms. The lowest BCUT2D eigenvalue weighted by molar-refractivity contribution is -0.144. The van der Waals surface area contributed by atoms with E-state index in [-0.39, 0.29) is 23.8 Å². The highest BCUT2D eigenvalue weighted by molar-refractivity contribution is 5.69. The van der Waals surface area contributed by atoms with Crippen LogP contribution in [0, 0.1) is 17.8 Å². The number of esters is 2. The van der Waals surface area contributed by atoms with Crippen LogP contribution in [-0.2, 0) is 19.1 Å². The molecule has 0 saturated carbocycles. The fourth-order valence-corrected chi connectivity index (χ4v) is 8.07. The zero-order valence-corrected chi connectivity index (χ0v) is 32.9. The summed E-state index contributed by atoms with van der Waals surface area (Å²) in [4.78, 5) is 28.2. The number of likely N-dealkylation sites (tertiary alicyclic amines) is 1. The Morgan fingerprint density at radius 2 is 1.10 bits per heavy atom. The van der Waals surface area contributed by atoms with Gasteiger partial charge in [0.05, 0.1) is 13.2 Å². The molecule has 2 unspecified atom stereocenters. The normalized spacial score (nSPS) is 24.3. The summed E-state index contributed by atoms with van der Waals surface area (Å²) in [5, 5.41) is 0. The molecule has 0 N–H and O–H groups in total. The van der Waals surface area contributed by atoms with E-state index in [4.69, 9.17) is 9.47 Å². The largest absolute Gasteiger partial charge is 0.466 e. The van der Waals surface area contributed by atoms with Crippen molar-refractivity contribution in [3.63, 3.8) is 0 Å². The second kappa shape index (κ2) is 30.6. The first kappa shape index (κ1) is 44.1. The topological polar surface area (TPSA) is 55.8 Å². The van der Waals surface area contributed by atoms with Crippen molar-refractivity contribution in [2.24, 2.45) is 17.8 Å². The van der Waals surface area contributed by atoms with Gasteiger partial charge in [-0.1, -0.05) is 134 Å². The standard InChI is InChI=1S/C45H77NO4/c1-4-7-17-27-41-33-38-49-44(47)30-21-14-10-12-19-25-40(32-37-46-35-23-16-24-36-46)26-20-13-11-15-22-31-45(48)50-39-34-42(28-18-8-5-2)43(41)29-9-6-3/h40-42H,3-5,7-8,10-28,30-39H2,1-2H3. The molecule has 0 aromatic rings. The number of piperidine rings is 1. The third-order valence-corrected chi connectivity index (χ3v) is 11.2. The number of cyclic esters (lactones) is 2. The van der Waals surface area contributed by atoms with Crippen LogP contribution >= 0.6 is 0 Å². The van der Waals surface area contributed by atoms with Crippen molar-refractivity contribution >= 4 is 11.9 Å². The number of ether oxygens (including phenoxy) is 2. The first-order valence-electron chi connectivity index (χ1n) is 21.5. The van der Waals surface area contributed by atoms with Crippen molar-refractivity contribution in [2.75, 3.05) is 32.8 Å². The number of rotatable bonds is 11. The molecule has 2 fully saturated rings. The van der Waals surface area contributed by atoms with Crippen LogP contribution in [0.25, 0.3) is 0 Å². The van der Waals surface area contributed by atoms with Crippen LogP contribution in [-0.4, -0.2) is 49.7 Å². The van der Waals surface area contributed by atoms with Gasteiger partial charge in [0.15, 0.2) is 0 Å². The first-order chi connectivity index (χ1) is 24.6. The molecular weight excluding hydrogens is 618 g/mol. The molecule has 2 aliphatic heterocycles. The van der Waals surface area contributed by atoms with E-state index in [1.165, 1.54) is 128 Å². The van der Waals surface area contributed by atoms with Gasteiger partial charge in [0.2, 0.25) is 0 Å². The summed E-state index contributed by atoms with van der Waals surface area (Å²) in [6.45, 7) is 13.0. The number of nitrogens with zero attached hydrogens (tertiary/aromatic N) is 1. The van der Waals surface area contributed by atoms with Gasteiger partial charge in [-0.05, 0) is 113 Å². The Hall–Kier alpha value is -2.02. The van der Waals surface area contributed by atoms with Gasteiger partial charge in [0.1, 0.15) is 0 Å². The van der Waals surface area contributed by atoms with E-state index in [0.29, 0.717) is 26.1 Å². The number of hydrogen-bond donors (Lipinski definition) is 0. The SMILES string of the molecule is C=C=C=C=C1C(CCCCC)CCOC(=O)CCCCCCCC(CCN2CCCCC2)CCCCCCCC(=O)OCCC1CCCCC. The van der Waals surface area contributed by atoms with Crippen molar-refractivity contribution in [3.05, 3.63) is 29.3 Å². The molecule has 286 valence electrons. The number of unbranched alkanes of at least 4 members (excludes halogenated alkanes) is 4. The Kier molecular flexibility index (Phi) is 27.0. The van der Waals surface area contributed by atoms with E-state index in [9.17, 15) is 9.59 Å². The fourth-order valence-electron chi connectivity index (χ4n) is 8.07. The summed E-state index contributed by atoms with van der Waals surface area (Å²) >= 11 is 0. The molecule has 0 bridgehead atoms. The molecule has 2 saturated heterocycles. The van der Waals surface area contributed by atoms with Crippen LogP contribution in [0.15, 0.2) is 29.3 Å². The van der Waals surface area contributed by atoms with Crippen LogP contribution in [0.2, 0.25) is 0 Å². The van der Waals surface area contributed by atoms with Gasteiger partial charge in [-0.25, -0.2) is 0 Å². The molecule has 0 aromatic heterocycles. The van der Waals surface area contributed by atoms with Crippen LogP contribution in [0.1, 0.15) is 194 Å². The predicted octanol–water partition coefficient (Wildman–Crippen LogP) is 12.2. The number of allylic oxidation sites excluding steroid dienone is 1. The van der Waals surface area contributed by atoms with Crippen molar-refractivity contribution in [2.45, 2.75) is 194 Å². The van der Waals surface area contributed by atoms with Gasteiger partial charge >= 0.3 is 11.9 Å². The highest BCUT2D eigenvalue weighted by Crippen LogP contribution is 2.33. The average Bonchev–Trinajstić information content (AvgIpc) is 3.12. The average molecular weight is 696 g/mol. The molecule has 2 atom stereocenters. The Morgan fingerprint density at radius 1 is 0.620 bits per heavy atom. The number of carbonyl (C=O) groups excluding carboxylic acids is 2. The number of carbonyl (C=O) groups is 2. The summed E-state index contributed by atoms with van der Waals surface area (Å²) in [5.41, 5.74) is 10.5.